The molecule has 0 aliphatic heterocycles. The zero-order valence-corrected chi connectivity index (χ0v) is 22.5. The number of ketones is 1. The van der Waals surface area contributed by atoms with Gasteiger partial charge >= 0.3 is 0 Å². The first-order valence-electron chi connectivity index (χ1n) is 12.4. The molecule has 5 heteroatoms. The molecule has 0 aromatic heterocycles. The maximum atomic E-state index is 12.3. The van der Waals surface area contributed by atoms with Crippen LogP contribution >= 0.6 is 0 Å². The third-order valence-corrected chi connectivity index (χ3v) is 10.9. The Bertz CT molecular complexity index is 719. The van der Waals surface area contributed by atoms with Crippen LogP contribution in [-0.4, -0.2) is 35.1 Å². The topological polar surface area (TPSA) is 35.5 Å². The van der Waals surface area contributed by atoms with Crippen LogP contribution in [-0.2, 0) is 13.6 Å². The first-order chi connectivity index (χ1) is 13.8. The van der Waals surface area contributed by atoms with Gasteiger partial charge in [-0.1, -0.05) is 12.5 Å². The molecule has 0 spiro atoms. The molecule has 0 aromatic rings. The summed E-state index contributed by atoms with van der Waals surface area (Å²) in [6.07, 6.45) is 11.7. The normalized spacial score (nSPS) is 41.7. The van der Waals surface area contributed by atoms with Crippen LogP contribution in [0.15, 0.2) is 11.6 Å². The van der Waals surface area contributed by atoms with Gasteiger partial charge in [0.2, 0.25) is 0 Å². The lowest BCUT2D eigenvalue weighted by Crippen LogP contribution is -2.55. The van der Waals surface area contributed by atoms with Crippen LogP contribution in [0.5, 0.6) is 0 Å². The smallest absolute Gasteiger partial charge is 0.184 e. The van der Waals surface area contributed by atoms with E-state index in [1.165, 1.54) is 37.7 Å². The third kappa shape index (κ3) is 4.09. The molecule has 4 rings (SSSR count). The largest absolute Gasteiger partial charge is 0.417 e. The summed E-state index contributed by atoms with van der Waals surface area (Å²) in [7, 11) is -3.14. The van der Waals surface area contributed by atoms with Crippen molar-refractivity contribution >= 4 is 22.4 Å². The first-order valence-corrected chi connectivity index (χ1v) is 19.2. The van der Waals surface area contributed by atoms with Gasteiger partial charge in [0.15, 0.2) is 22.4 Å². The van der Waals surface area contributed by atoms with Crippen LogP contribution in [0.3, 0.4) is 0 Å². The Kier molecular flexibility index (Phi) is 5.87. The Morgan fingerprint density at radius 1 is 0.933 bits per heavy atom. The monoisotopic (exact) mass is 448 g/mol. The van der Waals surface area contributed by atoms with Crippen molar-refractivity contribution < 1.29 is 13.6 Å². The van der Waals surface area contributed by atoms with E-state index in [1.54, 1.807) is 0 Å². The standard InChI is InChI=1S/C25H44O3Si2/c1-24-14-13-22-20(21(24)10-11-23(24)28-30(5,6)7)9-8-18-16-19(26)12-15-25(18,22)17-27-29(2,3)4/h16,20-23H,8-15,17H2,1-7H3/t20-,21-,22-,23-,24-,25+/m0/s1. The lowest BCUT2D eigenvalue weighted by molar-refractivity contribution is -0.119. The summed E-state index contributed by atoms with van der Waals surface area (Å²) < 4.78 is 13.4. The van der Waals surface area contributed by atoms with Gasteiger partial charge in [0, 0.05) is 18.4 Å². The van der Waals surface area contributed by atoms with Crippen molar-refractivity contribution in [2.75, 3.05) is 6.61 Å². The Morgan fingerprint density at radius 2 is 1.67 bits per heavy atom. The average molecular weight is 449 g/mol. The molecule has 3 fully saturated rings. The third-order valence-electron chi connectivity index (χ3n) is 8.86. The molecule has 170 valence electrons. The summed E-state index contributed by atoms with van der Waals surface area (Å²) in [5.74, 6) is 2.58. The number of rotatable bonds is 5. The lowest BCUT2D eigenvalue weighted by Gasteiger charge is -2.59. The fourth-order valence-electron chi connectivity index (χ4n) is 7.55. The molecule has 0 aromatic carbocycles. The van der Waals surface area contributed by atoms with Crippen LogP contribution in [0.2, 0.25) is 39.3 Å². The molecule has 0 N–H and O–H groups in total. The highest BCUT2D eigenvalue weighted by atomic mass is 28.4. The van der Waals surface area contributed by atoms with Crippen molar-refractivity contribution in [3.8, 4) is 0 Å². The van der Waals surface area contributed by atoms with Gasteiger partial charge in [-0.05, 0) is 113 Å². The van der Waals surface area contributed by atoms with Gasteiger partial charge in [-0.15, -0.1) is 0 Å². The quantitative estimate of drug-likeness (QED) is 0.446. The highest BCUT2D eigenvalue weighted by Crippen LogP contribution is 2.66. The zero-order chi connectivity index (χ0) is 21.9. The van der Waals surface area contributed by atoms with Crippen LogP contribution in [0.4, 0.5) is 0 Å². The van der Waals surface area contributed by atoms with E-state index in [2.05, 4.69) is 46.2 Å². The number of hydrogen-bond donors (Lipinski definition) is 0. The second kappa shape index (κ2) is 7.67. The number of fused-ring (bicyclic) bond motifs is 5. The fraction of sp³-hybridized carbons (Fsp3) is 0.880. The van der Waals surface area contributed by atoms with E-state index in [1.807, 2.05) is 6.08 Å². The van der Waals surface area contributed by atoms with Crippen molar-refractivity contribution in [2.45, 2.75) is 104 Å². The predicted molar refractivity (Wildman–Crippen MR) is 129 cm³/mol. The number of hydrogen-bond acceptors (Lipinski definition) is 3. The Balaban J connectivity index is 1.63. The van der Waals surface area contributed by atoms with Crippen molar-refractivity contribution in [2.24, 2.45) is 28.6 Å². The Morgan fingerprint density at radius 3 is 2.33 bits per heavy atom. The Labute approximate surface area is 186 Å². The first kappa shape index (κ1) is 22.9. The van der Waals surface area contributed by atoms with E-state index in [4.69, 9.17) is 8.85 Å². The van der Waals surface area contributed by atoms with Crippen molar-refractivity contribution in [3.05, 3.63) is 11.6 Å². The van der Waals surface area contributed by atoms with Gasteiger partial charge < -0.3 is 8.85 Å². The molecule has 4 aliphatic rings. The maximum Gasteiger partial charge on any atom is 0.184 e. The molecule has 3 nitrogen and oxygen atoms in total. The molecule has 4 aliphatic carbocycles. The highest BCUT2D eigenvalue weighted by molar-refractivity contribution is 6.70. The minimum Gasteiger partial charge on any atom is -0.417 e. The lowest BCUT2D eigenvalue weighted by atomic mass is 9.47. The number of carbonyl (C=O) groups excluding carboxylic acids is 1. The minimum absolute atomic E-state index is 0.121. The predicted octanol–water partition coefficient (Wildman–Crippen LogP) is 6.57. The Hall–Kier alpha value is -0.236. The van der Waals surface area contributed by atoms with Crippen LogP contribution < -0.4 is 0 Å². The maximum absolute atomic E-state index is 12.3. The molecule has 3 saturated carbocycles. The van der Waals surface area contributed by atoms with E-state index in [-0.39, 0.29) is 5.41 Å². The molecular weight excluding hydrogens is 404 g/mol. The van der Waals surface area contributed by atoms with Gasteiger partial charge in [0.25, 0.3) is 0 Å². The van der Waals surface area contributed by atoms with Crippen molar-refractivity contribution in [1.82, 2.24) is 0 Å². The van der Waals surface area contributed by atoms with Gasteiger partial charge in [-0.3, -0.25) is 4.79 Å². The summed E-state index contributed by atoms with van der Waals surface area (Å²) in [5, 5.41) is 0. The van der Waals surface area contributed by atoms with E-state index >= 15 is 0 Å². The van der Waals surface area contributed by atoms with Gasteiger partial charge in [0.1, 0.15) is 0 Å². The van der Waals surface area contributed by atoms with Crippen LogP contribution in [0.1, 0.15) is 58.3 Å². The van der Waals surface area contributed by atoms with Gasteiger partial charge in [-0.25, -0.2) is 0 Å². The summed E-state index contributed by atoms with van der Waals surface area (Å²) in [5.41, 5.74) is 1.90. The van der Waals surface area contributed by atoms with Gasteiger partial charge in [0.05, 0.1) is 6.10 Å². The molecule has 0 saturated heterocycles. The molecular formula is C25H44O3Si2. The molecule has 6 atom stereocenters. The van der Waals surface area contributed by atoms with E-state index in [0.29, 0.717) is 29.6 Å². The van der Waals surface area contributed by atoms with Crippen LogP contribution in [0, 0.1) is 28.6 Å². The zero-order valence-electron chi connectivity index (χ0n) is 20.5. The highest BCUT2D eigenvalue weighted by Gasteiger charge is 2.61. The summed E-state index contributed by atoms with van der Waals surface area (Å²) >= 11 is 0. The van der Waals surface area contributed by atoms with Gasteiger partial charge in [-0.2, -0.15) is 0 Å². The van der Waals surface area contributed by atoms with Crippen molar-refractivity contribution in [1.29, 1.82) is 0 Å². The second-order valence-electron chi connectivity index (χ2n) is 12.9. The van der Waals surface area contributed by atoms with Crippen molar-refractivity contribution in [3.63, 3.8) is 0 Å². The molecule has 0 amide bonds. The summed E-state index contributed by atoms with van der Waals surface area (Å²) in [4.78, 5) is 12.3. The van der Waals surface area contributed by atoms with E-state index < -0.39 is 16.6 Å². The molecule has 0 heterocycles. The summed E-state index contributed by atoms with van der Waals surface area (Å²) in [6.45, 7) is 17.3. The van der Waals surface area contributed by atoms with Crippen LogP contribution in [0.25, 0.3) is 0 Å². The summed E-state index contributed by atoms with van der Waals surface area (Å²) in [6, 6.07) is 0. The van der Waals surface area contributed by atoms with E-state index in [0.717, 1.165) is 31.3 Å². The molecule has 0 bridgehead atoms. The molecule has 0 radical (unpaired) electrons. The SMILES string of the molecule is C[C@]12CC[C@H]3[C@@H](CCC4=CC(=O)CC[C@@]43CO[Si](C)(C)C)[C@@H]1CC[C@@H]2O[Si](C)(C)C. The fourth-order valence-corrected chi connectivity index (χ4v) is 9.48. The second-order valence-corrected chi connectivity index (χ2v) is 21.9. The molecule has 0 unspecified atom stereocenters. The minimum atomic E-state index is -1.60. The number of carbonyl (C=O) groups is 1. The average Bonchev–Trinajstić information content (AvgIpc) is 2.94. The van der Waals surface area contributed by atoms with E-state index in [9.17, 15) is 4.79 Å². The molecule has 30 heavy (non-hydrogen) atoms.